The SMILES string of the molecule is CCN(CC)S(=O)(=O)c1ccc(CNC(=O)c2ccccc2OC)cc1. The second kappa shape index (κ2) is 8.82. The van der Waals surface area contributed by atoms with Gasteiger partial charge in [0.25, 0.3) is 5.91 Å². The lowest BCUT2D eigenvalue weighted by atomic mass is 10.1. The fourth-order valence-corrected chi connectivity index (χ4v) is 4.06. The normalized spacial score (nSPS) is 11.4. The molecule has 0 aliphatic heterocycles. The van der Waals surface area contributed by atoms with Crippen molar-refractivity contribution in [1.82, 2.24) is 9.62 Å². The van der Waals surface area contributed by atoms with Gasteiger partial charge < -0.3 is 10.1 Å². The monoisotopic (exact) mass is 376 g/mol. The van der Waals surface area contributed by atoms with Crippen molar-refractivity contribution in [1.29, 1.82) is 0 Å². The maximum absolute atomic E-state index is 12.5. The van der Waals surface area contributed by atoms with E-state index in [2.05, 4.69) is 5.32 Å². The third kappa shape index (κ3) is 4.42. The number of para-hydroxylation sites is 1. The number of hydrogen-bond donors (Lipinski definition) is 1. The van der Waals surface area contributed by atoms with Crippen LogP contribution in [0.3, 0.4) is 0 Å². The van der Waals surface area contributed by atoms with Crippen molar-refractivity contribution in [3.8, 4) is 5.75 Å². The fourth-order valence-electron chi connectivity index (χ4n) is 2.60. The zero-order chi connectivity index (χ0) is 19.2. The van der Waals surface area contributed by atoms with Crippen LogP contribution in [0.15, 0.2) is 53.4 Å². The van der Waals surface area contributed by atoms with Crippen molar-refractivity contribution < 1.29 is 17.9 Å². The molecule has 0 saturated carbocycles. The van der Waals surface area contributed by atoms with Gasteiger partial charge in [-0.05, 0) is 29.8 Å². The highest BCUT2D eigenvalue weighted by Crippen LogP contribution is 2.18. The van der Waals surface area contributed by atoms with Gasteiger partial charge >= 0.3 is 0 Å². The van der Waals surface area contributed by atoms with Crippen LogP contribution in [0.4, 0.5) is 0 Å². The Labute approximate surface area is 154 Å². The topological polar surface area (TPSA) is 75.7 Å². The Kier molecular flexibility index (Phi) is 6.76. The molecular weight excluding hydrogens is 352 g/mol. The van der Waals surface area contributed by atoms with E-state index in [1.807, 2.05) is 13.8 Å². The summed E-state index contributed by atoms with van der Waals surface area (Å²) < 4.78 is 31.5. The van der Waals surface area contributed by atoms with Crippen LogP contribution in [0, 0.1) is 0 Å². The maximum Gasteiger partial charge on any atom is 0.255 e. The second-order valence-electron chi connectivity index (χ2n) is 5.62. The van der Waals surface area contributed by atoms with E-state index in [1.54, 1.807) is 48.5 Å². The molecule has 2 aromatic rings. The van der Waals surface area contributed by atoms with E-state index >= 15 is 0 Å². The summed E-state index contributed by atoms with van der Waals surface area (Å²) in [5.74, 6) is 0.257. The van der Waals surface area contributed by atoms with Crippen molar-refractivity contribution in [3.05, 3.63) is 59.7 Å². The minimum Gasteiger partial charge on any atom is -0.496 e. The average molecular weight is 376 g/mol. The van der Waals surface area contributed by atoms with Crippen LogP contribution in [0.5, 0.6) is 5.75 Å². The van der Waals surface area contributed by atoms with Crippen molar-refractivity contribution >= 4 is 15.9 Å². The fraction of sp³-hybridized carbons (Fsp3) is 0.316. The van der Waals surface area contributed by atoms with E-state index in [1.165, 1.54) is 11.4 Å². The Morgan fingerprint density at radius 1 is 1.04 bits per heavy atom. The first-order valence-electron chi connectivity index (χ1n) is 8.44. The number of nitrogens with one attached hydrogen (secondary N) is 1. The van der Waals surface area contributed by atoms with Crippen LogP contribution in [-0.4, -0.2) is 38.8 Å². The highest BCUT2D eigenvalue weighted by molar-refractivity contribution is 7.89. The predicted molar refractivity (Wildman–Crippen MR) is 101 cm³/mol. The Balaban J connectivity index is 2.07. The van der Waals surface area contributed by atoms with Crippen molar-refractivity contribution in [2.45, 2.75) is 25.3 Å². The van der Waals surface area contributed by atoms with E-state index in [0.717, 1.165) is 5.56 Å². The summed E-state index contributed by atoms with van der Waals surface area (Å²) in [6, 6.07) is 13.5. The number of benzene rings is 2. The number of rotatable bonds is 8. The first-order valence-corrected chi connectivity index (χ1v) is 9.88. The largest absolute Gasteiger partial charge is 0.496 e. The molecule has 0 spiro atoms. The highest BCUT2D eigenvalue weighted by atomic mass is 32.2. The van der Waals surface area contributed by atoms with Crippen molar-refractivity contribution in [2.24, 2.45) is 0 Å². The summed E-state index contributed by atoms with van der Waals surface area (Å²) in [7, 11) is -1.96. The molecule has 0 bridgehead atoms. The minimum absolute atomic E-state index is 0.248. The molecule has 140 valence electrons. The van der Waals surface area contributed by atoms with Gasteiger partial charge in [0.1, 0.15) is 5.75 Å². The zero-order valence-corrected chi connectivity index (χ0v) is 16.0. The molecule has 2 rings (SSSR count). The quantitative estimate of drug-likeness (QED) is 0.768. The molecule has 0 unspecified atom stereocenters. The summed E-state index contributed by atoms with van der Waals surface area (Å²) >= 11 is 0. The average Bonchev–Trinajstić information content (AvgIpc) is 2.67. The summed E-state index contributed by atoms with van der Waals surface area (Å²) in [5, 5.41) is 2.81. The number of nitrogens with zero attached hydrogens (tertiary/aromatic N) is 1. The number of ether oxygens (including phenoxy) is 1. The number of amides is 1. The highest BCUT2D eigenvalue weighted by Gasteiger charge is 2.21. The van der Waals surface area contributed by atoms with E-state index in [-0.39, 0.29) is 10.8 Å². The molecule has 0 fully saturated rings. The molecule has 1 amide bonds. The Morgan fingerprint density at radius 3 is 2.23 bits per heavy atom. The van der Waals surface area contributed by atoms with Gasteiger partial charge in [-0.1, -0.05) is 38.1 Å². The van der Waals surface area contributed by atoms with Crippen molar-refractivity contribution in [3.63, 3.8) is 0 Å². The molecule has 0 aromatic heterocycles. The van der Waals surface area contributed by atoms with Crippen LogP contribution in [0.1, 0.15) is 29.8 Å². The molecule has 0 saturated heterocycles. The Bertz CT molecular complexity index is 844. The van der Waals surface area contributed by atoms with Crippen molar-refractivity contribution in [2.75, 3.05) is 20.2 Å². The summed E-state index contributed by atoms with van der Waals surface area (Å²) in [5.41, 5.74) is 1.27. The van der Waals surface area contributed by atoms with Crippen LogP contribution >= 0.6 is 0 Å². The summed E-state index contributed by atoms with van der Waals surface area (Å²) in [6.45, 7) is 4.76. The van der Waals surface area contributed by atoms with Crippen LogP contribution in [-0.2, 0) is 16.6 Å². The molecule has 26 heavy (non-hydrogen) atoms. The number of carbonyl (C=O) groups is 1. The third-order valence-corrected chi connectivity index (χ3v) is 6.14. The molecule has 7 heteroatoms. The van der Waals surface area contributed by atoms with E-state index in [0.29, 0.717) is 30.9 Å². The molecule has 0 aliphatic carbocycles. The molecule has 0 heterocycles. The number of sulfonamides is 1. The van der Waals surface area contributed by atoms with Crippen LogP contribution < -0.4 is 10.1 Å². The Morgan fingerprint density at radius 2 is 1.65 bits per heavy atom. The number of carbonyl (C=O) groups excluding carboxylic acids is 1. The van der Waals surface area contributed by atoms with Gasteiger partial charge in [0.15, 0.2) is 0 Å². The molecule has 1 N–H and O–H groups in total. The predicted octanol–water partition coefficient (Wildman–Crippen LogP) is 2.66. The van der Waals surface area contributed by atoms with Gasteiger partial charge in [0.05, 0.1) is 17.6 Å². The van der Waals surface area contributed by atoms with Crippen LogP contribution in [0.2, 0.25) is 0 Å². The molecule has 0 aliphatic rings. The first kappa shape index (κ1) is 19.9. The van der Waals surface area contributed by atoms with Gasteiger partial charge in [-0.25, -0.2) is 8.42 Å². The van der Waals surface area contributed by atoms with Gasteiger partial charge in [-0.2, -0.15) is 4.31 Å². The number of methoxy groups -OCH3 is 1. The zero-order valence-electron chi connectivity index (χ0n) is 15.2. The lowest BCUT2D eigenvalue weighted by Crippen LogP contribution is -2.30. The summed E-state index contributed by atoms with van der Waals surface area (Å²) in [4.78, 5) is 12.5. The van der Waals surface area contributed by atoms with Gasteiger partial charge in [0.2, 0.25) is 10.0 Å². The van der Waals surface area contributed by atoms with E-state index in [4.69, 9.17) is 4.74 Å². The second-order valence-corrected chi connectivity index (χ2v) is 7.55. The Hall–Kier alpha value is -2.38. The van der Waals surface area contributed by atoms with Gasteiger partial charge in [-0.15, -0.1) is 0 Å². The van der Waals surface area contributed by atoms with Crippen LogP contribution in [0.25, 0.3) is 0 Å². The lowest BCUT2D eigenvalue weighted by Gasteiger charge is -2.18. The summed E-state index contributed by atoms with van der Waals surface area (Å²) in [6.07, 6.45) is 0. The smallest absolute Gasteiger partial charge is 0.255 e. The number of hydrogen-bond acceptors (Lipinski definition) is 4. The molecule has 0 atom stereocenters. The first-order chi connectivity index (χ1) is 12.4. The molecule has 2 aromatic carbocycles. The van der Waals surface area contributed by atoms with E-state index in [9.17, 15) is 13.2 Å². The van der Waals surface area contributed by atoms with Gasteiger partial charge in [0, 0.05) is 19.6 Å². The lowest BCUT2D eigenvalue weighted by molar-refractivity contribution is 0.0948. The minimum atomic E-state index is -3.47. The maximum atomic E-state index is 12.5. The van der Waals surface area contributed by atoms with E-state index < -0.39 is 10.0 Å². The molecular formula is C19H24N2O4S. The van der Waals surface area contributed by atoms with Gasteiger partial charge in [-0.3, -0.25) is 4.79 Å². The standard InChI is InChI=1S/C19H24N2O4S/c1-4-21(5-2)26(23,24)16-12-10-15(11-13-16)14-20-19(22)17-8-6-7-9-18(17)25-3/h6-13H,4-5,14H2,1-3H3,(H,20,22). The molecule has 6 nitrogen and oxygen atoms in total. The molecule has 0 radical (unpaired) electrons. The third-order valence-electron chi connectivity index (χ3n) is 4.07.